The molecule has 6 heteroatoms. The number of hydrogen-bond donors (Lipinski definition) is 2. The lowest BCUT2D eigenvalue weighted by atomic mass is 9.90. The molecule has 110 valence electrons. The summed E-state index contributed by atoms with van der Waals surface area (Å²) in [7, 11) is 1.44. The summed E-state index contributed by atoms with van der Waals surface area (Å²) in [6, 6.07) is 6.03. The minimum atomic E-state index is -2.28. The van der Waals surface area contributed by atoms with Crippen LogP contribution < -0.4 is 10.5 Å². The molecule has 1 rings (SSSR count). The van der Waals surface area contributed by atoms with E-state index in [1.54, 1.807) is 32.9 Å². The van der Waals surface area contributed by atoms with Crippen molar-refractivity contribution in [1.29, 1.82) is 0 Å². The van der Waals surface area contributed by atoms with Gasteiger partial charge in [-0.1, -0.05) is 12.1 Å². The Bertz CT molecular complexity index is 521. The molecule has 0 aromatic heterocycles. The average molecular weight is 281 g/mol. The second-order valence-electron chi connectivity index (χ2n) is 5.35. The Morgan fingerprint density at radius 1 is 1.25 bits per heavy atom. The molecular weight excluding hydrogens is 262 g/mol. The molecule has 1 aromatic rings. The topological polar surface area (TPSA) is 98.9 Å². The van der Waals surface area contributed by atoms with Crippen LogP contribution in [0.3, 0.4) is 0 Å². The maximum Gasteiger partial charge on any atom is 0.343 e. The molecule has 6 nitrogen and oxygen atoms in total. The zero-order valence-corrected chi connectivity index (χ0v) is 12.0. The van der Waals surface area contributed by atoms with Gasteiger partial charge in [0.25, 0.3) is 0 Å². The molecule has 3 N–H and O–H groups in total. The van der Waals surface area contributed by atoms with Gasteiger partial charge in [-0.25, -0.2) is 9.59 Å². The van der Waals surface area contributed by atoms with Crippen LogP contribution in [0, 0.1) is 0 Å². The van der Waals surface area contributed by atoms with Crippen LogP contribution in [0.5, 0.6) is 5.75 Å². The Labute approximate surface area is 117 Å². The van der Waals surface area contributed by atoms with E-state index in [4.69, 9.17) is 15.2 Å². The Balaban J connectivity index is 3.27. The first kappa shape index (κ1) is 16.0. The van der Waals surface area contributed by atoms with Gasteiger partial charge < -0.3 is 20.3 Å². The zero-order valence-electron chi connectivity index (χ0n) is 12.0. The highest BCUT2D eigenvalue weighted by molar-refractivity contribution is 6.04. The fourth-order valence-corrected chi connectivity index (χ4v) is 1.56. The van der Waals surface area contributed by atoms with Gasteiger partial charge in [-0.3, -0.25) is 0 Å². The van der Waals surface area contributed by atoms with Crippen LogP contribution in [0.1, 0.15) is 26.3 Å². The van der Waals surface area contributed by atoms with Gasteiger partial charge in [0.2, 0.25) is 5.54 Å². The summed E-state index contributed by atoms with van der Waals surface area (Å²) in [6.07, 6.45) is 0. The third-order valence-corrected chi connectivity index (χ3v) is 2.58. The molecule has 1 aromatic carbocycles. The number of aliphatic carboxylic acids is 1. The van der Waals surface area contributed by atoms with Crippen molar-refractivity contribution in [3.8, 4) is 5.75 Å². The van der Waals surface area contributed by atoms with Crippen LogP contribution in [0.2, 0.25) is 0 Å². The summed E-state index contributed by atoms with van der Waals surface area (Å²) in [5.74, 6) is -2.10. The van der Waals surface area contributed by atoms with Crippen LogP contribution >= 0.6 is 0 Å². The van der Waals surface area contributed by atoms with E-state index in [-0.39, 0.29) is 5.56 Å². The lowest BCUT2D eigenvalue weighted by Crippen LogP contribution is -2.54. The Morgan fingerprint density at radius 3 is 2.30 bits per heavy atom. The number of methoxy groups -OCH3 is 1. The lowest BCUT2D eigenvalue weighted by Gasteiger charge is -2.28. The first-order chi connectivity index (χ1) is 9.11. The SMILES string of the molecule is COc1cccc(C(N)(C(=O)O)C(=O)OC(C)(C)C)c1. The Morgan fingerprint density at radius 2 is 1.85 bits per heavy atom. The number of esters is 1. The molecule has 0 radical (unpaired) electrons. The molecular formula is C14H19NO5. The van der Waals surface area contributed by atoms with Gasteiger partial charge >= 0.3 is 11.9 Å². The van der Waals surface area contributed by atoms with E-state index < -0.39 is 23.1 Å². The molecule has 20 heavy (non-hydrogen) atoms. The minimum Gasteiger partial charge on any atom is -0.497 e. The standard InChI is InChI=1S/C14H19NO5/c1-13(2,3)20-12(18)14(15,11(16)17)9-6-5-7-10(8-9)19-4/h5-8H,15H2,1-4H3,(H,16,17). The average Bonchev–Trinajstić information content (AvgIpc) is 2.35. The number of carbonyl (C=O) groups excluding carboxylic acids is 1. The van der Waals surface area contributed by atoms with E-state index >= 15 is 0 Å². The first-order valence-electron chi connectivity index (χ1n) is 6.01. The molecule has 0 spiro atoms. The predicted octanol–water partition coefficient (Wildman–Crippen LogP) is 1.28. The van der Waals surface area contributed by atoms with E-state index in [9.17, 15) is 14.7 Å². The van der Waals surface area contributed by atoms with Gasteiger partial charge in [0.05, 0.1) is 7.11 Å². The highest BCUT2D eigenvalue weighted by atomic mass is 16.6. The number of carboxylic acids is 1. The quantitative estimate of drug-likeness (QED) is 0.637. The van der Waals surface area contributed by atoms with Crippen molar-refractivity contribution in [1.82, 2.24) is 0 Å². The molecule has 0 heterocycles. The monoisotopic (exact) mass is 281 g/mol. The molecule has 0 aliphatic heterocycles. The highest BCUT2D eigenvalue weighted by Crippen LogP contribution is 2.26. The third kappa shape index (κ3) is 3.27. The predicted molar refractivity (Wildman–Crippen MR) is 72.3 cm³/mol. The van der Waals surface area contributed by atoms with E-state index in [1.165, 1.54) is 19.2 Å². The second-order valence-corrected chi connectivity index (χ2v) is 5.35. The third-order valence-electron chi connectivity index (χ3n) is 2.58. The maximum absolute atomic E-state index is 12.2. The number of benzene rings is 1. The molecule has 1 atom stereocenters. The van der Waals surface area contributed by atoms with Crippen LogP contribution in [-0.2, 0) is 19.9 Å². The van der Waals surface area contributed by atoms with E-state index in [2.05, 4.69) is 0 Å². The number of carboxylic acid groups (broad SMARTS) is 1. The van der Waals surface area contributed by atoms with E-state index in [0.29, 0.717) is 5.75 Å². The summed E-state index contributed by atoms with van der Waals surface area (Å²) in [6.45, 7) is 4.91. The van der Waals surface area contributed by atoms with Crippen molar-refractivity contribution in [3.63, 3.8) is 0 Å². The van der Waals surface area contributed by atoms with E-state index in [1.807, 2.05) is 0 Å². The number of hydrogen-bond acceptors (Lipinski definition) is 5. The molecule has 0 aliphatic rings. The van der Waals surface area contributed by atoms with Gasteiger partial charge in [-0.15, -0.1) is 0 Å². The normalized spacial score (nSPS) is 14.2. The first-order valence-corrected chi connectivity index (χ1v) is 6.01. The lowest BCUT2D eigenvalue weighted by molar-refractivity contribution is -0.169. The van der Waals surface area contributed by atoms with Crippen LogP contribution in [0.25, 0.3) is 0 Å². The molecule has 0 saturated heterocycles. The summed E-state index contributed by atoms with van der Waals surface area (Å²) in [5.41, 5.74) is 2.79. The van der Waals surface area contributed by atoms with Crippen molar-refractivity contribution in [2.24, 2.45) is 5.73 Å². The van der Waals surface area contributed by atoms with Crippen LogP contribution in [-0.4, -0.2) is 29.8 Å². The number of nitrogens with two attached hydrogens (primary N) is 1. The smallest absolute Gasteiger partial charge is 0.343 e. The van der Waals surface area contributed by atoms with Crippen molar-refractivity contribution in [2.75, 3.05) is 7.11 Å². The summed E-state index contributed by atoms with van der Waals surface area (Å²) >= 11 is 0. The Kier molecular flexibility index (Phi) is 4.39. The van der Waals surface area contributed by atoms with Gasteiger partial charge in [-0.2, -0.15) is 0 Å². The van der Waals surface area contributed by atoms with Crippen LogP contribution in [0.15, 0.2) is 24.3 Å². The summed E-state index contributed by atoms with van der Waals surface area (Å²) in [4.78, 5) is 23.6. The van der Waals surface area contributed by atoms with Crippen LogP contribution in [0.4, 0.5) is 0 Å². The molecule has 0 aliphatic carbocycles. The highest BCUT2D eigenvalue weighted by Gasteiger charge is 2.47. The molecule has 0 fully saturated rings. The van der Waals surface area contributed by atoms with Gasteiger partial charge in [0.1, 0.15) is 11.4 Å². The van der Waals surface area contributed by atoms with Gasteiger partial charge in [-0.05, 0) is 38.5 Å². The van der Waals surface area contributed by atoms with Crippen molar-refractivity contribution >= 4 is 11.9 Å². The van der Waals surface area contributed by atoms with Crippen molar-refractivity contribution in [2.45, 2.75) is 31.9 Å². The van der Waals surface area contributed by atoms with Gasteiger partial charge in [0, 0.05) is 0 Å². The van der Waals surface area contributed by atoms with Gasteiger partial charge in [0.15, 0.2) is 0 Å². The van der Waals surface area contributed by atoms with E-state index in [0.717, 1.165) is 0 Å². The van der Waals surface area contributed by atoms with Crippen molar-refractivity contribution in [3.05, 3.63) is 29.8 Å². The maximum atomic E-state index is 12.2. The minimum absolute atomic E-state index is 0.0959. The number of rotatable bonds is 4. The number of carbonyl (C=O) groups is 2. The molecule has 1 unspecified atom stereocenters. The molecule has 0 saturated carbocycles. The van der Waals surface area contributed by atoms with Crippen molar-refractivity contribution < 1.29 is 24.2 Å². The molecule has 0 bridgehead atoms. The fourth-order valence-electron chi connectivity index (χ4n) is 1.56. The zero-order chi connectivity index (χ0) is 15.6. The number of ether oxygens (including phenoxy) is 2. The second kappa shape index (κ2) is 5.50. The summed E-state index contributed by atoms with van der Waals surface area (Å²) < 4.78 is 10.1. The molecule has 0 amide bonds. The largest absolute Gasteiger partial charge is 0.497 e. The Hall–Kier alpha value is -2.08. The fraction of sp³-hybridized carbons (Fsp3) is 0.429. The summed E-state index contributed by atoms with van der Waals surface area (Å²) in [5, 5.41) is 9.35.